The van der Waals surface area contributed by atoms with Crippen LogP contribution in [0, 0.1) is 0 Å². The summed E-state index contributed by atoms with van der Waals surface area (Å²) < 4.78 is 18.2. The molecule has 0 amide bonds. The van der Waals surface area contributed by atoms with Gasteiger partial charge in [0, 0.05) is 34.1 Å². The van der Waals surface area contributed by atoms with Gasteiger partial charge in [-0.15, -0.1) is 0 Å². The van der Waals surface area contributed by atoms with E-state index in [1.807, 2.05) is 35.7 Å². The van der Waals surface area contributed by atoms with Gasteiger partial charge < -0.3 is 14.2 Å². The number of fused-ring (bicyclic) bond motifs is 4. The lowest BCUT2D eigenvalue weighted by molar-refractivity contribution is 0.167. The van der Waals surface area contributed by atoms with Crippen molar-refractivity contribution in [2.24, 2.45) is 0 Å². The molecule has 4 rings (SSSR count). The number of hydrogen-bond donors (Lipinski definition) is 0. The van der Waals surface area contributed by atoms with Gasteiger partial charge in [0.25, 0.3) is 0 Å². The monoisotopic (exact) mass is 452 g/mol. The van der Waals surface area contributed by atoms with E-state index < -0.39 is 0 Å². The van der Waals surface area contributed by atoms with Crippen molar-refractivity contribution >= 4 is 23.5 Å². The van der Waals surface area contributed by atoms with Gasteiger partial charge in [0.1, 0.15) is 24.7 Å². The lowest BCUT2D eigenvalue weighted by Gasteiger charge is -2.14. The third-order valence-corrected chi connectivity index (χ3v) is 6.93. The van der Waals surface area contributed by atoms with E-state index in [0.29, 0.717) is 13.2 Å². The molecule has 0 radical (unpaired) electrons. The summed E-state index contributed by atoms with van der Waals surface area (Å²) in [4.78, 5) is 0. The van der Waals surface area contributed by atoms with E-state index in [0.717, 1.165) is 58.9 Å². The van der Waals surface area contributed by atoms with Gasteiger partial charge in [-0.3, -0.25) is 0 Å². The zero-order valence-corrected chi connectivity index (χ0v) is 19.3. The Balaban J connectivity index is 1.49. The van der Waals surface area contributed by atoms with Gasteiger partial charge >= 0.3 is 0 Å². The van der Waals surface area contributed by atoms with Gasteiger partial charge in [0.2, 0.25) is 0 Å². The molecular weight excluding hydrogens is 424 g/mol. The number of para-hydroxylation sites is 2. The predicted octanol–water partition coefficient (Wildman–Crippen LogP) is 6.34. The SMILES string of the molecule is c1cc2cc(c1)COc1ccccc1CSCCOCCSCc1ccccc1OC2. The second-order valence-electron chi connectivity index (χ2n) is 7.33. The van der Waals surface area contributed by atoms with Crippen molar-refractivity contribution in [3.8, 4) is 11.5 Å². The van der Waals surface area contributed by atoms with E-state index in [9.17, 15) is 0 Å². The van der Waals surface area contributed by atoms with Crippen LogP contribution in [-0.4, -0.2) is 24.7 Å². The molecule has 0 saturated heterocycles. The molecular formula is C26H28O3S2. The number of rotatable bonds is 0. The number of thioether (sulfide) groups is 2. The van der Waals surface area contributed by atoms with Crippen LogP contribution in [0.2, 0.25) is 0 Å². The van der Waals surface area contributed by atoms with Crippen molar-refractivity contribution in [3.05, 3.63) is 95.1 Å². The highest BCUT2D eigenvalue weighted by Crippen LogP contribution is 2.26. The highest BCUT2D eigenvalue weighted by Gasteiger charge is 2.07. The topological polar surface area (TPSA) is 27.7 Å². The molecule has 31 heavy (non-hydrogen) atoms. The summed E-state index contributed by atoms with van der Waals surface area (Å²) >= 11 is 3.78. The molecule has 162 valence electrons. The van der Waals surface area contributed by atoms with Crippen molar-refractivity contribution in [1.82, 2.24) is 0 Å². The van der Waals surface area contributed by atoms with Crippen LogP contribution in [0.15, 0.2) is 72.8 Å². The maximum atomic E-state index is 6.18. The molecule has 5 heteroatoms. The molecule has 3 aromatic carbocycles. The second-order valence-corrected chi connectivity index (χ2v) is 9.54. The maximum Gasteiger partial charge on any atom is 0.123 e. The number of benzene rings is 3. The fourth-order valence-electron chi connectivity index (χ4n) is 3.36. The molecule has 0 saturated carbocycles. The Labute approximate surface area is 193 Å². The van der Waals surface area contributed by atoms with Crippen LogP contribution < -0.4 is 9.47 Å². The Kier molecular flexibility index (Phi) is 8.62. The Morgan fingerprint density at radius 1 is 0.581 bits per heavy atom. The Bertz CT molecular complexity index is 888. The van der Waals surface area contributed by atoms with Crippen LogP contribution in [0.4, 0.5) is 0 Å². The minimum Gasteiger partial charge on any atom is -0.489 e. The second kappa shape index (κ2) is 12.1. The molecule has 1 heterocycles. The average Bonchev–Trinajstić information content (AvgIpc) is 2.81. The first-order chi connectivity index (χ1) is 15.4. The summed E-state index contributed by atoms with van der Waals surface area (Å²) in [5, 5.41) is 0. The van der Waals surface area contributed by atoms with Gasteiger partial charge in [0.15, 0.2) is 0 Å². The lowest BCUT2D eigenvalue weighted by Crippen LogP contribution is -2.04. The number of hydrogen-bond acceptors (Lipinski definition) is 5. The molecule has 1 aliphatic heterocycles. The first-order valence-corrected chi connectivity index (χ1v) is 12.9. The molecule has 1 aliphatic rings. The molecule has 0 fully saturated rings. The minimum atomic E-state index is 0.547. The summed E-state index contributed by atoms with van der Waals surface area (Å²) in [6.07, 6.45) is 0. The summed E-state index contributed by atoms with van der Waals surface area (Å²) in [5.74, 6) is 5.74. The molecule has 0 aromatic heterocycles. The van der Waals surface area contributed by atoms with Crippen LogP contribution in [0.1, 0.15) is 22.3 Å². The van der Waals surface area contributed by atoms with Crippen molar-refractivity contribution in [1.29, 1.82) is 0 Å². The van der Waals surface area contributed by atoms with Crippen LogP contribution in [0.5, 0.6) is 11.5 Å². The van der Waals surface area contributed by atoms with Crippen molar-refractivity contribution in [3.63, 3.8) is 0 Å². The molecule has 3 nitrogen and oxygen atoms in total. The van der Waals surface area contributed by atoms with E-state index in [2.05, 4.69) is 60.7 Å². The molecule has 3 aromatic rings. The van der Waals surface area contributed by atoms with E-state index >= 15 is 0 Å². The van der Waals surface area contributed by atoms with Gasteiger partial charge in [-0.05, 0) is 29.3 Å². The molecule has 2 bridgehead atoms. The highest BCUT2D eigenvalue weighted by atomic mass is 32.2. The van der Waals surface area contributed by atoms with Crippen molar-refractivity contribution in [2.75, 3.05) is 24.7 Å². The minimum absolute atomic E-state index is 0.547. The smallest absolute Gasteiger partial charge is 0.123 e. The van der Waals surface area contributed by atoms with Gasteiger partial charge in [0.05, 0.1) is 13.2 Å². The highest BCUT2D eigenvalue weighted by molar-refractivity contribution is 7.98. The standard InChI is InChI=1S/C26H28O3S2/c1-3-10-25-23(8-1)19-30-14-12-27-13-15-31-20-24-9-2-4-11-26(24)29-18-22-7-5-6-21(16-22)17-28-25/h1-11,16H,12-15,17-20H2. The zero-order valence-electron chi connectivity index (χ0n) is 17.6. The summed E-state index contributed by atoms with van der Waals surface area (Å²) in [7, 11) is 0. The first kappa shape index (κ1) is 22.1. The fraction of sp³-hybridized carbons (Fsp3) is 0.308. The molecule has 0 atom stereocenters. The average molecular weight is 453 g/mol. The summed E-state index contributed by atoms with van der Waals surface area (Å²) in [5.41, 5.74) is 4.76. The molecule has 0 N–H and O–H groups in total. The van der Waals surface area contributed by atoms with Crippen LogP contribution in [-0.2, 0) is 29.5 Å². The largest absolute Gasteiger partial charge is 0.489 e. The Morgan fingerprint density at radius 2 is 1.10 bits per heavy atom. The van der Waals surface area contributed by atoms with E-state index in [1.165, 1.54) is 11.1 Å². The van der Waals surface area contributed by atoms with Gasteiger partial charge in [-0.1, -0.05) is 54.6 Å². The summed E-state index contributed by atoms with van der Waals surface area (Å²) in [6, 6.07) is 25.1. The van der Waals surface area contributed by atoms with E-state index in [-0.39, 0.29) is 0 Å². The Hall–Kier alpha value is -2.08. The maximum absolute atomic E-state index is 6.18. The zero-order chi connectivity index (χ0) is 21.1. The van der Waals surface area contributed by atoms with Crippen LogP contribution >= 0.6 is 23.5 Å². The number of ether oxygens (including phenoxy) is 3. The predicted molar refractivity (Wildman–Crippen MR) is 131 cm³/mol. The van der Waals surface area contributed by atoms with Gasteiger partial charge in [-0.2, -0.15) is 23.5 Å². The normalized spacial score (nSPS) is 16.1. The summed E-state index contributed by atoms with van der Waals surface area (Å²) in [6.45, 7) is 2.65. The third kappa shape index (κ3) is 6.96. The van der Waals surface area contributed by atoms with Crippen LogP contribution in [0.3, 0.4) is 0 Å². The molecule has 0 aliphatic carbocycles. The lowest BCUT2D eigenvalue weighted by atomic mass is 10.1. The van der Waals surface area contributed by atoms with E-state index in [1.54, 1.807) is 0 Å². The van der Waals surface area contributed by atoms with E-state index in [4.69, 9.17) is 14.2 Å². The third-order valence-electron chi connectivity index (χ3n) is 4.98. The van der Waals surface area contributed by atoms with Crippen molar-refractivity contribution < 1.29 is 14.2 Å². The first-order valence-electron chi connectivity index (χ1n) is 10.6. The molecule has 0 unspecified atom stereocenters. The molecule has 0 spiro atoms. The fourth-order valence-corrected chi connectivity index (χ4v) is 5.04. The van der Waals surface area contributed by atoms with Crippen molar-refractivity contribution in [2.45, 2.75) is 24.7 Å². The quantitative estimate of drug-likeness (QED) is 0.397. The van der Waals surface area contributed by atoms with Gasteiger partial charge in [-0.25, -0.2) is 0 Å². The Morgan fingerprint density at radius 3 is 1.65 bits per heavy atom. The van der Waals surface area contributed by atoms with Crippen LogP contribution in [0.25, 0.3) is 0 Å².